The predicted octanol–water partition coefficient (Wildman–Crippen LogP) is 18.2. The molecule has 310 valence electrons. The molecule has 12 aromatic rings. The van der Waals surface area contributed by atoms with Crippen molar-refractivity contribution in [2.75, 3.05) is 4.90 Å². The first kappa shape index (κ1) is 38.9. The number of hydrogen-bond donors (Lipinski definition) is 0. The fourth-order valence-corrected chi connectivity index (χ4v) is 9.72. The molecule has 66 heavy (non-hydrogen) atoms. The largest absolute Gasteiger partial charge is 0.456 e. The Morgan fingerprint density at radius 2 is 0.773 bits per heavy atom. The number of anilines is 3. The second kappa shape index (κ2) is 16.8. The highest BCUT2D eigenvalue weighted by molar-refractivity contribution is 6.19. The first-order valence-electron chi connectivity index (χ1n) is 22.6. The summed E-state index contributed by atoms with van der Waals surface area (Å²) in [6.07, 6.45) is 0. The van der Waals surface area contributed by atoms with Crippen LogP contribution in [0.2, 0.25) is 0 Å². The van der Waals surface area contributed by atoms with E-state index in [2.05, 4.69) is 266 Å². The van der Waals surface area contributed by atoms with Crippen molar-refractivity contribution in [3.8, 4) is 66.8 Å². The maximum atomic E-state index is 6.53. The van der Waals surface area contributed by atoms with E-state index >= 15 is 0 Å². The zero-order chi connectivity index (χ0) is 43.8. The molecule has 0 saturated carbocycles. The average molecular weight is 842 g/mol. The fraction of sp³-hybridized carbons (Fsp3) is 0. The molecule has 1 heterocycles. The molecule has 2 heteroatoms. The Kier molecular flexibility index (Phi) is 9.89. The van der Waals surface area contributed by atoms with E-state index in [0.29, 0.717) is 0 Å². The number of benzene rings is 11. The van der Waals surface area contributed by atoms with Gasteiger partial charge in [-0.1, -0.05) is 212 Å². The average Bonchev–Trinajstić information content (AvgIpc) is 3.78. The summed E-state index contributed by atoms with van der Waals surface area (Å²) in [6.45, 7) is 0. The minimum atomic E-state index is 0.875. The molecule has 0 fully saturated rings. The summed E-state index contributed by atoms with van der Waals surface area (Å²) < 4.78 is 6.53. The maximum Gasteiger partial charge on any atom is 0.136 e. The van der Waals surface area contributed by atoms with Gasteiger partial charge in [-0.2, -0.15) is 0 Å². The van der Waals surface area contributed by atoms with Crippen molar-refractivity contribution in [1.29, 1.82) is 0 Å². The molecule has 0 atom stereocenters. The van der Waals surface area contributed by atoms with Gasteiger partial charge in [0.25, 0.3) is 0 Å². The minimum Gasteiger partial charge on any atom is -0.456 e. The number of fused-ring (bicyclic) bond motifs is 5. The molecule has 0 N–H and O–H groups in total. The molecular weight excluding hydrogens is 799 g/mol. The van der Waals surface area contributed by atoms with Crippen molar-refractivity contribution in [2.24, 2.45) is 0 Å². The molecule has 0 spiro atoms. The monoisotopic (exact) mass is 841 g/mol. The van der Waals surface area contributed by atoms with E-state index < -0.39 is 0 Å². The molecule has 2 nitrogen and oxygen atoms in total. The lowest BCUT2D eigenvalue weighted by atomic mass is 9.91. The third-order valence-corrected chi connectivity index (χ3v) is 12.9. The third-order valence-electron chi connectivity index (χ3n) is 12.9. The summed E-state index contributed by atoms with van der Waals surface area (Å²) in [6, 6.07) is 93.9. The van der Waals surface area contributed by atoms with Crippen LogP contribution in [0.25, 0.3) is 99.5 Å². The summed E-state index contributed by atoms with van der Waals surface area (Å²) in [4.78, 5) is 2.43. The molecule has 11 aromatic carbocycles. The molecule has 0 amide bonds. The van der Waals surface area contributed by atoms with Gasteiger partial charge in [0.1, 0.15) is 11.2 Å². The van der Waals surface area contributed by atoms with Crippen molar-refractivity contribution < 1.29 is 4.42 Å². The van der Waals surface area contributed by atoms with E-state index in [1.165, 1.54) is 44.2 Å². The minimum absolute atomic E-state index is 0.875. The smallest absolute Gasteiger partial charge is 0.136 e. The maximum absolute atomic E-state index is 6.53. The van der Waals surface area contributed by atoms with Crippen LogP contribution in [-0.4, -0.2) is 0 Å². The molecular formula is C64H43NO. The van der Waals surface area contributed by atoms with Gasteiger partial charge in [0.05, 0.1) is 5.69 Å². The summed E-state index contributed by atoms with van der Waals surface area (Å²) in [5.41, 5.74) is 19.0. The van der Waals surface area contributed by atoms with Crippen molar-refractivity contribution in [2.45, 2.75) is 0 Å². The van der Waals surface area contributed by atoms with Gasteiger partial charge < -0.3 is 9.32 Å². The molecule has 0 unspecified atom stereocenters. The van der Waals surface area contributed by atoms with E-state index in [4.69, 9.17) is 4.42 Å². The molecule has 0 aliphatic heterocycles. The predicted molar refractivity (Wildman–Crippen MR) is 279 cm³/mol. The van der Waals surface area contributed by atoms with Crippen LogP contribution in [-0.2, 0) is 0 Å². The first-order chi connectivity index (χ1) is 32.7. The van der Waals surface area contributed by atoms with E-state index in [9.17, 15) is 0 Å². The van der Waals surface area contributed by atoms with Gasteiger partial charge in [-0.15, -0.1) is 0 Å². The van der Waals surface area contributed by atoms with Gasteiger partial charge in [-0.3, -0.25) is 0 Å². The van der Waals surface area contributed by atoms with Crippen LogP contribution in [0.1, 0.15) is 0 Å². The van der Waals surface area contributed by atoms with Crippen molar-refractivity contribution in [3.05, 3.63) is 261 Å². The molecule has 0 aliphatic carbocycles. The first-order valence-corrected chi connectivity index (χ1v) is 22.6. The number of rotatable bonds is 9. The van der Waals surface area contributed by atoms with Gasteiger partial charge >= 0.3 is 0 Å². The Labute approximate surface area is 384 Å². The van der Waals surface area contributed by atoms with Crippen LogP contribution in [0.3, 0.4) is 0 Å². The Balaban J connectivity index is 1.02. The van der Waals surface area contributed by atoms with Crippen molar-refractivity contribution in [3.63, 3.8) is 0 Å². The fourth-order valence-electron chi connectivity index (χ4n) is 9.72. The second-order valence-electron chi connectivity index (χ2n) is 16.8. The van der Waals surface area contributed by atoms with E-state index in [-0.39, 0.29) is 0 Å². The van der Waals surface area contributed by atoms with E-state index in [1.54, 1.807) is 0 Å². The van der Waals surface area contributed by atoms with Gasteiger partial charge in [-0.05, 0) is 121 Å². The van der Waals surface area contributed by atoms with Gasteiger partial charge in [0, 0.05) is 27.7 Å². The van der Waals surface area contributed by atoms with E-state index in [0.717, 1.165) is 72.4 Å². The number of nitrogens with zero attached hydrogens (tertiary/aromatic N) is 1. The van der Waals surface area contributed by atoms with Crippen LogP contribution in [0, 0.1) is 0 Å². The lowest BCUT2D eigenvalue weighted by Crippen LogP contribution is -2.12. The zero-order valence-corrected chi connectivity index (χ0v) is 36.2. The normalized spacial score (nSPS) is 11.3. The number of hydrogen-bond acceptors (Lipinski definition) is 2. The third kappa shape index (κ3) is 7.12. The molecule has 0 bridgehead atoms. The molecule has 0 saturated heterocycles. The molecule has 1 aromatic heterocycles. The van der Waals surface area contributed by atoms with Crippen LogP contribution in [0.5, 0.6) is 0 Å². The van der Waals surface area contributed by atoms with Gasteiger partial charge in [-0.25, -0.2) is 0 Å². The standard InChI is InChI=1S/C64H43NO/c1-4-16-44(17-5-1)51-23-14-24-54(42-51)65(53-38-34-46(35-39-53)45-30-32-50(33-31-45)56-26-13-12-25-55(56)47-18-6-2-7-19-47)60-29-15-28-57(48-20-8-3-9-21-48)63(60)52-37-40-61-59(43-52)64-58-27-11-10-22-49(58)36-41-62(64)66-61/h1-43H. The Hall–Kier alpha value is -8.72. The van der Waals surface area contributed by atoms with Crippen molar-refractivity contribution in [1.82, 2.24) is 0 Å². The number of furan rings is 1. The zero-order valence-electron chi connectivity index (χ0n) is 36.2. The SMILES string of the molecule is c1ccc(-c2cccc(N(c3ccc(-c4ccc(-c5ccccc5-c5ccccc5)cc4)cc3)c3cccc(-c4ccccc4)c3-c3ccc4oc5ccc6ccccc6c5c4c3)c2)cc1. The second-order valence-corrected chi connectivity index (χ2v) is 16.8. The lowest BCUT2D eigenvalue weighted by Gasteiger charge is -2.30. The Morgan fingerprint density at radius 1 is 0.273 bits per heavy atom. The summed E-state index contributed by atoms with van der Waals surface area (Å²) in [5.74, 6) is 0. The van der Waals surface area contributed by atoms with E-state index in [1.807, 2.05) is 0 Å². The summed E-state index contributed by atoms with van der Waals surface area (Å²) in [5, 5.41) is 4.62. The Bertz CT molecular complexity index is 3670. The van der Waals surface area contributed by atoms with Crippen LogP contribution >= 0.6 is 0 Å². The quantitative estimate of drug-likeness (QED) is 0.144. The topological polar surface area (TPSA) is 16.4 Å². The highest BCUT2D eigenvalue weighted by atomic mass is 16.3. The van der Waals surface area contributed by atoms with Crippen LogP contribution in [0.15, 0.2) is 265 Å². The van der Waals surface area contributed by atoms with Crippen molar-refractivity contribution >= 4 is 49.8 Å². The summed E-state index contributed by atoms with van der Waals surface area (Å²) >= 11 is 0. The highest BCUT2D eigenvalue weighted by Gasteiger charge is 2.23. The summed E-state index contributed by atoms with van der Waals surface area (Å²) in [7, 11) is 0. The van der Waals surface area contributed by atoms with Gasteiger partial charge in [0.2, 0.25) is 0 Å². The van der Waals surface area contributed by atoms with Gasteiger partial charge in [0.15, 0.2) is 0 Å². The molecule has 0 radical (unpaired) electrons. The molecule has 12 rings (SSSR count). The highest BCUT2D eigenvalue weighted by Crippen LogP contribution is 2.48. The van der Waals surface area contributed by atoms with Crippen LogP contribution < -0.4 is 4.90 Å². The van der Waals surface area contributed by atoms with Crippen LogP contribution in [0.4, 0.5) is 17.1 Å². The lowest BCUT2D eigenvalue weighted by molar-refractivity contribution is 0.669. The molecule has 0 aliphatic rings. The Morgan fingerprint density at radius 3 is 1.48 bits per heavy atom.